The molecule has 2 rings (SSSR count). The van der Waals surface area contributed by atoms with Crippen LogP contribution < -0.4 is 0 Å². The van der Waals surface area contributed by atoms with Crippen molar-refractivity contribution >= 4 is 42.8 Å². The number of aryl methyl sites for hydroxylation is 1. The molecule has 15 heavy (non-hydrogen) atoms. The molecule has 0 aliphatic carbocycles. The van der Waals surface area contributed by atoms with Crippen molar-refractivity contribution in [3.05, 3.63) is 38.4 Å². The molecule has 0 saturated carbocycles. The van der Waals surface area contributed by atoms with E-state index in [1.54, 1.807) is 0 Å². The van der Waals surface area contributed by atoms with Crippen LogP contribution in [-0.2, 0) is 0 Å². The molecule has 0 bridgehead atoms. The van der Waals surface area contributed by atoms with Crippen molar-refractivity contribution in [2.45, 2.75) is 6.92 Å². The summed E-state index contributed by atoms with van der Waals surface area (Å²) in [6.45, 7) is 1.52. The smallest absolute Gasteiger partial charge is 0.149 e. The predicted molar refractivity (Wildman–Crippen MR) is 61.8 cm³/mol. The second-order valence-electron chi connectivity index (χ2n) is 3.13. The number of hydrogen-bond acceptors (Lipinski definition) is 1. The lowest BCUT2D eigenvalue weighted by Gasteiger charge is -2.06. The van der Waals surface area contributed by atoms with Crippen LogP contribution in [0.4, 0.5) is 8.78 Å². The van der Waals surface area contributed by atoms with E-state index in [9.17, 15) is 8.78 Å². The van der Waals surface area contributed by atoms with Crippen molar-refractivity contribution in [2.24, 2.45) is 0 Å². The lowest BCUT2D eigenvalue weighted by atomic mass is 10.1. The zero-order valence-corrected chi connectivity index (χ0v) is 10.8. The summed E-state index contributed by atoms with van der Waals surface area (Å²) >= 11 is 6.41. The average Bonchev–Trinajstić information content (AvgIpc) is 2.19. The molecule has 1 heterocycles. The Labute approximate surface area is 102 Å². The highest BCUT2D eigenvalue weighted by Crippen LogP contribution is 2.33. The second-order valence-corrected chi connectivity index (χ2v) is 4.78. The highest BCUT2D eigenvalue weighted by atomic mass is 79.9. The van der Waals surface area contributed by atoms with Gasteiger partial charge in [0.25, 0.3) is 0 Å². The minimum Gasteiger partial charge on any atom is -0.252 e. The number of nitrogens with zero attached hydrogens (tertiary/aromatic N) is 1. The van der Waals surface area contributed by atoms with Gasteiger partial charge in [-0.2, -0.15) is 0 Å². The fourth-order valence-corrected chi connectivity index (χ4v) is 2.13. The molecule has 1 aromatic carbocycles. The average molecular weight is 337 g/mol. The maximum absolute atomic E-state index is 13.8. The van der Waals surface area contributed by atoms with E-state index < -0.39 is 11.6 Å². The zero-order chi connectivity index (χ0) is 11.2. The minimum atomic E-state index is -0.517. The van der Waals surface area contributed by atoms with Gasteiger partial charge in [-0.25, -0.2) is 8.78 Å². The van der Waals surface area contributed by atoms with E-state index in [0.717, 1.165) is 6.07 Å². The van der Waals surface area contributed by atoms with Gasteiger partial charge in [-0.05, 0) is 50.4 Å². The third-order valence-electron chi connectivity index (χ3n) is 2.11. The largest absolute Gasteiger partial charge is 0.252 e. The molecule has 5 heteroatoms. The van der Waals surface area contributed by atoms with Crippen molar-refractivity contribution in [2.75, 3.05) is 0 Å². The van der Waals surface area contributed by atoms with Gasteiger partial charge in [0.2, 0.25) is 0 Å². The third-order valence-corrected chi connectivity index (χ3v) is 4.07. The first-order chi connectivity index (χ1) is 7.02. The van der Waals surface area contributed by atoms with Crippen LogP contribution in [0.2, 0.25) is 0 Å². The van der Waals surface area contributed by atoms with Gasteiger partial charge in [-0.3, -0.25) is 4.98 Å². The van der Waals surface area contributed by atoms with Crippen molar-refractivity contribution < 1.29 is 8.78 Å². The Hall–Kier alpha value is -0.550. The van der Waals surface area contributed by atoms with E-state index in [4.69, 9.17) is 0 Å². The molecular formula is C10H5Br2F2N. The first-order valence-electron chi connectivity index (χ1n) is 4.10. The van der Waals surface area contributed by atoms with Gasteiger partial charge in [-0.15, -0.1) is 0 Å². The van der Waals surface area contributed by atoms with Gasteiger partial charge in [0.15, 0.2) is 0 Å². The maximum atomic E-state index is 13.8. The van der Waals surface area contributed by atoms with Crippen LogP contribution in [0.15, 0.2) is 21.2 Å². The number of hydrogen-bond donors (Lipinski definition) is 0. The fourth-order valence-electron chi connectivity index (χ4n) is 1.37. The summed E-state index contributed by atoms with van der Waals surface area (Å²) in [5, 5.41) is 0.168. The summed E-state index contributed by atoms with van der Waals surface area (Å²) in [7, 11) is 0. The van der Waals surface area contributed by atoms with Gasteiger partial charge in [0.05, 0.1) is 9.86 Å². The summed E-state index contributed by atoms with van der Waals surface area (Å²) in [4.78, 5) is 3.85. The van der Waals surface area contributed by atoms with Crippen molar-refractivity contribution in [1.29, 1.82) is 0 Å². The Morgan fingerprint density at radius 1 is 1.27 bits per heavy atom. The van der Waals surface area contributed by atoms with E-state index in [2.05, 4.69) is 36.8 Å². The van der Waals surface area contributed by atoms with Gasteiger partial charge in [0, 0.05) is 10.7 Å². The fraction of sp³-hybridized carbons (Fsp3) is 0.100. The summed E-state index contributed by atoms with van der Waals surface area (Å²) in [5.74, 6) is -0.968. The quantitative estimate of drug-likeness (QED) is 0.697. The highest BCUT2D eigenvalue weighted by Gasteiger charge is 2.15. The lowest BCUT2D eigenvalue weighted by Crippen LogP contribution is -1.93. The van der Waals surface area contributed by atoms with Crippen LogP contribution in [-0.4, -0.2) is 4.98 Å². The summed E-state index contributed by atoms with van der Waals surface area (Å²) in [6.07, 6.45) is 1.43. The standard InChI is InChI=1S/C10H5Br2F2N/c1-4-2-6(13)10-7(9(4)14)8(12)5(11)3-15-10/h2-3H,1H3. The summed E-state index contributed by atoms with van der Waals surface area (Å²) in [5.41, 5.74) is 0.300. The Balaban J connectivity index is 3.04. The van der Waals surface area contributed by atoms with E-state index in [1.165, 1.54) is 13.1 Å². The van der Waals surface area contributed by atoms with Crippen molar-refractivity contribution in [1.82, 2.24) is 4.98 Å². The molecule has 1 aromatic heterocycles. The molecule has 2 aromatic rings. The zero-order valence-electron chi connectivity index (χ0n) is 7.61. The lowest BCUT2D eigenvalue weighted by molar-refractivity contribution is 0.607. The molecule has 0 fully saturated rings. The predicted octanol–water partition coefficient (Wildman–Crippen LogP) is 4.35. The molecule has 78 valence electrons. The SMILES string of the molecule is Cc1cc(F)c2ncc(Br)c(Br)c2c1F. The molecule has 0 unspecified atom stereocenters. The van der Waals surface area contributed by atoms with Crippen LogP contribution in [0.1, 0.15) is 5.56 Å². The number of halogens is 4. The molecule has 0 atom stereocenters. The topological polar surface area (TPSA) is 12.9 Å². The third kappa shape index (κ3) is 1.67. The number of pyridine rings is 1. The van der Waals surface area contributed by atoms with E-state index in [-0.39, 0.29) is 16.5 Å². The molecule has 0 amide bonds. The second kappa shape index (κ2) is 3.79. The van der Waals surface area contributed by atoms with E-state index in [1.807, 2.05) is 0 Å². The Morgan fingerprint density at radius 3 is 2.60 bits per heavy atom. The summed E-state index contributed by atoms with van der Waals surface area (Å²) < 4.78 is 28.3. The number of fused-ring (bicyclic) bond motifs is 1. The highest BCUT2D eigenvalue weighted by molar-refractivity contribution is 9.13. The Morgan fingerprint density at radius 2 is 1.93 bits per heavy atom. The normalized spacial score (nSPS) is 11.0. The van der Waals surface area contributed by atoms with Gasteiger partial charge < -0.3 is 0 Å². The number of benzene rings is 1. The molecule has 0 saturated heterocycles. The van der Waals surface area contributed by atoms with E-state index >= 15 is 0 Å². The first-order valence-corrected chi connectivity index (χ1v) is 5.69. The van der Waals surface area contributed by atoms with E-state index in [0.29, 0.717) is 8.95 Å². The molecule has 0 N–H and O–H groups in total. The molecule has 0 spiro atoms. The van der Waals surface area contributed by atoms with Crippen LogP contribution in [0.3, 0.4) is 0 Å². The van der Waals surface area contributed by atoms with Crippen LogP contribution >= 0.6 is 31.9 Å². The summed E-state index contributed by atoms with van der Waals surface area (Å²) in [6, 6.07) is 1.14. The van der Waals surface area contributed by atoms with Crippen molar-refractivity contribution in [3.63, 3.8) is 0 Å². The molecule has 0 aliphatic rings. The van der Waals surface area contributed by atoms with Crippen LogP contribution in [0, 0.1) is 18.6 Å². The maximum Gasteiger partial charge on any atom is 0.149 e. The molecule has 0 radical (unpaired) electrons. The van der Waals surface area contributed by atoms with Crippen LogP contribution in [0.5, 0.6) is 0 Å². The van der Waals surface area contributed by atoms with Gasteiger partial charge >= 0.3 is 0 Å². The monoisotopic (exact) mass is 335 g/mol. The van der Waals surface area contributed by atoms with Gasteiger partial charge in [0.1, 0.15) is 17.2 Å². The minimum absolute atomic E-state index is 0.0353. The Bertz CT molecular complexity index is 547. The first kappa shape index (κ1) is 11.0. The number of aromatic nitrogens is 1. The van der Waals surface area contributed by atoms with Gasteiger partial charge in [-0.1, -0.05) is 0 Å². The molecule has 1 nitrogen and oxygen atoms in total. The molecular weight excluding hydrogens is 332 g/mol. The van der Waals surface area contributed by atoms with Crippen LogP contribution in [0.25, 0.3) is 10.9 Å². The number of rotatable bonds is 0. The van der Waals surface area contributed by atoms with Crippen molar-refractivity contribution in [3.8, 4) is 0 Å². The Kier molecular flexibility index (Phi) is 2.77. The molecule has 0 aliphatic heterocycles.